The van der Waals surface area contributed by atoms with Gasteiger partial charge in [0.25, 0.3) is 20.0 Å². The van der Waals surface area contributed by atoms with Crippen LogP contribution in [0.2, 0.25) is 0 Å². The van der Waals surface area contributed by atoms with Crippen molar-refractivity contribution in [3.63, 3.8) is 0 Å². The fourth-order valence-corrected chi connectivity index (χ4v) is 5.20. The predicted molar refractivity (Wildman–Crippen MR) is 121 cm³/mol. The van der Waals surface area contributed by atoms with Gasteiger partial charge in [-0.1, -0.05) is 40.6 Å². The van der Waals surface area contributed by atoms with E-state index in [4.69, 9.17) is 12.2 Å². The van der Waals surface area contributed by atoms with E-state index in [0.29, 0.717) is 11.4 Å². The molecule has 0 atom stereocenters. The molecule has 0 radical (unpaired) electrons. The lowest BCUT2D eigenvalue weighted by atomic mass is 10.3. The van der Waals surface area contributed by atoms with Crippen LogP contribution >= 0.6 is 12.2 Å². The minimum Gasteiger partial charge on any atom is -0.280 e. The number of benzene rings is 3. The van der Waals surface area contributed by atoms with Crippen LogP contribution < -0.4 is 9.44 Å². The molecule has 1 aromatic heterocycles. The van der Waals surface area contributed by atoms with Crippen molar-refractivity contribution in [2.24, 2.45) is 0 Å². The molecule has 10 nitrogen and oxygen atoms in total. The first-order valence-corrected chi connectivity index (χ1v) is 12.4. The van der Waals surface area contributed by atoms with E-state index in [-0.39, 0.29) is 20.2 Å². The molecular formula is C19H16N6O4S3. The standard InChI is InChI=1S/C19H16N6O4S3/c26-31(27,21-14-6-2-1-3-7-14)17-10-4-8-15(12-17)22-32(28,29)18-11-5-9-16(13-18)25-19(30)20-23-24-25/h1-13,21-22H,(H,20,24,30). The molecule has 4 aromatic rings. The second-order valence-electron chi connectivity index (χ2n) is 6.52. The lowest BCUT2D eigenvalue weighted by Gasteiger charge is -2.12. The maximum Gasteiger partial charge on any atom is 0.261 e. The summed E-state index contributed by atoms with van der Waals surface area (Å²) in [7, 11) is -7.94. The fourth-order valence-electron chi connectivity index (χ4n) is 2.82. The first-order valence-electron chi connectivity index (χ1n) is 9.06. The Morgan fingerprint density at radius 1 is 0.750 bits per heavy atom. The van der Waals surface area contributed by atoms with E-state index in [1.807, 2.05) is 0 Å². The molecule has 0 spiro atoms. The third-order valence-electron chi connectivity index (χ3n) is 4.28. The minimum absolute atomic E-state index is 0.0535. The van der Waals surface area contributed by atoms with Crippen LogP contribution in [0.5, 0.6) is 0 Å². The first-order chi connectivity index (χ1) is 15.2. The number of para-hydroxylation sites is 1. The average Bonchev–Trinajstić information content (AvgIpc) is 3.20. The van der Waals surface area contributed by atoms with Gasteiger partial charge < -0.3 is 0 Å². The molecule has 0 saturated heterocycles. The van der Waals surface area contributed by atoms with Crippen LogP contribution in [0, 0.1) is 4.77 Å². The van der Waals surface area contributed by atoms with Crippen LogP contribution in [0.1, 0.15) is 0 Å². The SMILES string of the molecule is O=S(=O)(Nc1ccccc1)c1cccc(NS(=O)(=O)c2cccc(-n3[nH]nnc3=S)c2)c1. The summed E-state index contributed by atoms with van der Waals surface area (Å²) in [5.74, 6) is 0. The molecule has 13 heteroatoms. The lowest BCUT2D eigenvalue weighted by Crippen LogP contribution is -2.15. The zero-order valence-corrected chi connectivity index (χ0v) is 18.7. The number of rotatable bonds is 7. The Hall–Kier alpha value is -3.55. The molecule has 164 valence electrons. The Labute approximate surface area is 189 Å². The van der Waals surface area contributed by atoms with Crippen molar-refractivity contribution in [1.82, 2.24) is 20.2 Å². The van der Waals surface area contributed by atoms with E-state index in [0.717, 1.165) is 0 Å². The number of sulfonamides is 2. The number of H-pyrrole nitrogens is 1. The van der Waals surface area contributed by atoms with E-state index >= 15 is 0 Å². The second kappa shape index (κ2) is 8.53. The summed E-state index contributed by atoms with van der Waals surface area (Å²) in [6.45, 7) is 0. The molecule has 3 N–H and O–H groups in total. The molecule has 0 bridgehead atoms. The molecule has 0 aliphatic carbocycles. The minimum atomic E-state index is -4.03. The van der Waals surface area contributed by atoms with Crippen molar-refractivity contribution in [2.75, 3.05) is 9.44 Å². The smallest absolute Gasteiger partial charge is 0.261 e. The number of nitrogens with zero attached hydrogens (tertiary/aromatic N) is 3. The molecule has 32 heavy (non-hydrogen) atoms. The van der Waals surface area contributed by atoms with Crippen LogP contribution in [0.4, 0.5) is 11.4 Å². The summed E-state index contributed by atoms with van der Waals surface area (Å²) >= 11 is 5.04. The van der Waals surface area contributed by atoms with Crippen molar-refractivity contribution in [2.45, 2.75) is 9.79 Å². The second-order valence-corrected chi connectivity index (χ2v) is 10.3. The summed E-state index contributed by atoms with van der Waals surface area (Å²) in [6.07, 6.45) is 0. The Kier molecular flexibility index (Phi) is 5.78. The third-order valence-corrected chi connectivity index (χ3v) is 7.30. The summed E-state index contributed by atoms with van der Waals surface area (Å²) in [6, 6.07) is 19.8. The van der Waals surface area contributed by atoms with Gasteiger partial charge in [0.2, 0.25) is 4.77 Å². The van der Waals surface area contributed by atoms with Crippen LogP contribution in [-0.4, -0.2) is 37.0 Å². The van der Waals surface area contributed by atoms with E-state index in [1.165, 1.54) is 47.1 Å². The predicted octanol–water partition coefficient (Wildman–Crippen LogP) is 2.93. The van der Waals surface area contributed by atoms with Gasteiger partial charge in [-0.3, -0.25) is 9.44 Å². The van der Waals surface area contributed by atoms with Crippen LogP contribution in [0.3, 0.4) is 0 Å². The molecule has 3 aromatic carbocycles. The highest BCUT2D eigenvalue weighted by molar-refractivity contribution is 7.93. The quantitative estimate of drug-likeness (QED) is 0.340. The molecule has 1 heterocycles. The topological polar surface area (TPSA) is 139 Å². The molecule has 0 aliphatic heterocycles. The number of hydrogen-bond donors (Lipinski definition) is 3. The van der Waals surface area contributed by atoms with Crippen LogP contribution in [0.25, 0.3) is 5.69 Å². The van der Waals surface area contributed by atoms with Gasteiger partial charge in [-0.05, 0) is 60.7 Å². The van der Waals surface area contributed by atoms with E-state index < -0.39 is 20.0 Å². The Morgan fingerprint density at radius 2 is 1.34 bits per heavy atom. The highest BCUT2D eigenvalue weighted by Gasteiger charge is 2.19. The molecule has 4 rings (SSSR count). The summed E-state index contributed by atoms with van der Waals surface area (Å²) < 4.78 is 57.5. The van der Waals surface area contributed by atoms with Gasteiger partial charge in [0.1, 0.15) is 0 Å². The highest BCUT2D eigenvalue weighted by atomic mass is 32.2. The van der Waals surface area contributed by atoms with E-state index in [1.54, 1.807) is 36.4 Å². The number of anilines is 2. The van der Waals surface area contributed by atoms with Gasteiger partial charge in [0, 0.05) is 5.69 Å². The van der Waals surface area contributed by atoms with Crippen molar-refractivity contribution < 1.29 is 16.8 Å². The number of nitrogens with one attached hydrogen (secondary N) is 3. The zero-order chi connectivity index (χ0) is 22.8. The van der Waals surface area contributed by atoms with Crippen LogP contribution in [0.15, 0.2) is 88.7 Å². The summed E-state index contributed by atoms with van der Waals surface area (Å²) in [5, 5.41) is 9.79. The van der Waals surface area contributed by atoms with Gasteiger partial charge in [-0.25, -0.2) is 21.5 Å². The molecule has 0 fully saturated rings. The maximum absolute atomic E-state index is 12.9. The lowest BCUT2D eigenvalue weighted by molar-refractivity contribution is 0.598. The zero-order valence-electron chi connectivity index (χ0n) is 16.2. The van der Waals surface area contributed by atoms with Gasteiger partial charge in [0.05, 0.1) is 21.2 Å². The van der Waals surface area contributed by atoms with E-state index in [2.05, 4.69) is 25.0 Å². The Bertz CT molecular complexity index is 1530. The van der Waals surface area contributed by atoms with Gasteiger partial charge in [0.15, 0.2) is 0 Å². The van der Waals surface area contributed by atoms with Crippen molar-refractivity contribution in [3.05, 3.63) is 83.6 Å². The van der Waals surface area contributed by atoms with Gasteiger partial charge >= 0.3 is 0 Å². The fraction of sp³-hybridized carbons (Fsp3) is 0. The van der Waals surface area contributed by atoms with Gasteiger partial charge in [-0.2, -0.15) is 5.21 Å². The normalized spacial score (nSPS) is 11.8. The third kappa shape index (κ3) is 4.69. The molecule has 0 amide bonds. The number of aromatic nitrogens is 4. The molecule has 0 saturated carbocycles. The van der Waals surface area contributed by atoms with Crippen molar-refractivity contribution in [1.29, 1.82) is 0 Å². The van der Waals surface area contributed by atoms with Gasteiger partial charge in [-0.15, -0.1) is 0 Å². The molecule has 0 unspecified atom stereocenters. The summed E-state index contributed by atoms with van der Waals surface area (Å²) in [4.78, 5) is -0.146. The average molecular weight is 489 g/mol. The monoisotopic (exact) mass is 488 g/mol. The maximum atomic E-state index is 12.9. The largest absolute Gasteiger partial charge is 0.280 e. The highest BCUT2D eigenvalue weighted by Crippen LogP contribution is 2.22. The van der Waals surface area contributed by atoms with E-state index in [9.17, 15) is 16.8 Å². The first kappa shape index (κ1) is 21.7. The van der Waals surface area contributed by atoms with Crippen molar-refractivity contribution >= 4 is 43.6 Å². The Morgan fingerprint density at radius 3 is 2.00 bits per heavy atom. The molecule has 0 aliphatic rings. The number of hydrogen-bond acceptors (Lipinski definition) is 7. The van der Waals surface area contributed by atoms with Crippen molar-refractivity contribution in [3.8, 4) is 5.69 Å². The summed E-state index contributed by atoms with van der Waals surface area (Å²) in [5.41, 5.74) is 0.902. The number of tetrazole rings is 1. The molecular weight excluding hydrogens is 472 g/mol. The number of aromatic amines is 1. The Balaban J connectivity index is 1.61. The van der Waals surface area contributed by atoms with Crippen LogP contribution in [-0.2, 0) is 20.0 Å².